The molecule has 0 aromatic carbocycles. The summed E-state index contributed by atoms with van der Waals surface area (Å²) in [6.07, 6.45) is 1.06. The molecule has 3 nitrogen and oxygen atoms in total. The number of aliphatic hydroxyl groups excluding tert-OH is 1. The van der Waals surface area contributed by atoms with Crippen LogP contribution in [0.4, 0.5) is 0 Å². The van der Waals surface area contributed by atoms with Gasteiger partial charge in [-0.25, -0.2) is 0 Å². The Morgan fingerprint density at radius 1 is 1.71 bits per heavy atom. The number of halogens is 1. The van der Waals surface area contributed by atoms with Crippen molar-refractivity contribution in [2.75, 3.05) is 13.1 Å². The van der Waals surface area contributed by atoms with Gasteiger partial charge in [0, 0.05) is 13.1 Å². The molecular formula is C10H18ClNO2. The maximum atomic E-state index is 11.7. The molecule has 1 N–H and O–H groups in total. The van der Waals surface area contributed by atoms with Gasteiger partial charge in [0.15, 0.2) is 0 Å². The monoisotopic (exact) mass is 219 g/mol. The lowest BCUT2D eigenvalue weighted by Crippen LogP contribution is -2.47. The Morgan fingerprint density at radius 2 is 2.36 bits per heavy atom. The number of amides is 1. The first-order chi connectivity index (χ1) is 6.56. The topological polar surface area (TPSA) is 40.5 Å². The van der Waals surface area contributed by atoms with E-state index in [1.165, 1.54) is 0 Å². The molecule has 3 unspecified atom stereocenters. The largest absolute Gasteiger partial charge is 0.393 e. The molecule has 1 amide bonds. The van der Waals surface area contributed by atoms with E-state index in [4.69, 9.17) is 11.6 Å². The van der Waals surface area contributed by atoms with Crippen molar-refractivity contribution < 1.29 is 9.90 Å². The third kappa shape index (κ3) is 2.61. The zero-order chi connectivity index (χ0) is 10.7. The van der Waals surface area contributed by atoms with Crippen molar-refractivity contribution >= 4 is 17.5 Å². The van der Waals surface area contributed by atoms with Gasteiger partial charge in [-0.05, 0) is 18.8 Å². The van der Waals surface area contributed by atoms with Crippen molar-refractivity contribution in [1.82, 2.24) is 4.90 Å². The number of aliphatic hydroxyl groups is 1. The molecule has 4 heteroatoms. The Bertz CT molecular complexity index is 210. The van der Waals surface area contributed by atoms with Crippen LogP contribution in [-0.4, -0.2) is 40.5 Å². The summed E-state index contributed by atoms with van der Waals surface area (Å²) in [7, 11) is 0. The van der Waals surface area contributed by atoms with Crippen LogP contribution in [0.2, 0.25) is 0 Å². The van der Waals surface area contributed by atoms with Crippen molar-refractivity contribution in [3.63, 3.8) is 0 Å². The van der Waals surface area contributed by atoms with Crippen molar-refractivity contribution in [3.8, 4) is 0 Å². The number of likely N-dealkylation sites (tertiary alicyclic amines) is 1. The SMILES string of the molecule is CCC(Cl)C(=O)N1CCC(O)C(C)C1. The van der Waals surface area contributed by atoms with Gasteiger partial charge < -0.3 is 10.0 Å². The van der Waals surface area contributed by atoms with Gasteiger partial charge >= 0.3 is 0 Å². The fourth-order valence-corrected chi connectivity index (χ4v) is 1.84. The third-order valence-electron chi connectivity index (χ3n) is 2.80. The number of alkyl halides is 1. The fraction of sp³-hybridized carbons (Fsp3) is 0.900. The second kappa shape index (κ2) is 4.99. The molecule has 3 atom stereocenters. The highest BCUT2D eigenvalue weighted by Gasteiger charge is 2.29. The van der Waals surface area contributed by atoms with E-state index in [1.54, 1.807) is 4.90 Å². The predicted molar refractivity (Wildman–Crippen MR) is 56.3 cm³/mol. The Hall–Kier alpha value is -0.280. The summed E-state index contributed by atoms with van der Waals surface area (Å²) in [6.45, 7) is 5.12. The molecule has 0 spiro atoms. The zero-order valence-corrected chi connectivity index (χ0v) is 9.50. The number of hydrogen-bond acceptors (Lipinski definition) is 2. The highest BCUT2D eigenvalue weighted by molar-refractivity contribution is 6.30. The van der Waals surface area contributed by atoms with E-state index in [-0.39, 0.29) is 17.9 Å². The van der Waals surface area contributed by atoms with Crippen LogP contribution in [0.3, 0.4) is 0 Å². The molecule has 0 radical (unpaired) electrons. The molecule has 82 valence electrons. The van der Waals surface area contributed by atoms with E-state index in [0.29, 0.717) is 25.9 Å². The van der Waals surface area contributed by atoms with Gasteiger partial charge in [-0.15, -0.1) is 11.6 Å². The molecular weight excluding hydrogens is 202 g/mol. The first-order valence-electron chi connectivity index (χ1n) is 5.17. The molecule has 0 aliphatic carbocycles. The summed E-state index contributed by atoms with van der Waals surface area (Å²) in [5, 5.41) is 9.10. The predicted octanol–water partition coefficient (Wildman–Crippen LogP) is 1.23. The normalized spacial score (nSPS) is 30.1. The zero-order valence-electron chi connectivity index (χ0n) is 8.74. The number of carbonyl (C=O) groups is 1. The van der Waals surface area contributed by atoms with Crippen LogP contribution in [0.15, 0.2) is 0 Å². The van der Waals surface area contributed by atoms with Crippen LogP contribution < -0.4 is 0 Å². The average molecular weight is 220 g/mol. The maximum absolute atomic E-state index is 11.7. The van der Waals surface area contributed by atoms with Gasteiger partial charge in [0.1, 0.15) is 5.38 Å². The smallest absolute Gasteiger partial charge is 0.240 e. The van der Waals surface area contributed by atoms with Crippen LogP contribution in [0.5, 0.6) is 0 Å². The Morgan fingerprint density at radius 3 is 2.86 bits per heavy atom. The summed E-state index contributed by atoms with van der Waals surface area (Å²) in [5.41, 5.74) is 0. The minimum Gasteiger partial charge on any atom is -0.393 e. The van der Waals surface area contributed by atoms with Gasteiger partial charge in [0.25, 0.3) is 0 Å². The quantitative estimate of drug-likeness (QED) is 0.710. The van der Waals surface area contributed by atoms with Gasteiger partial charge in [0.2, 0.25) is 5.91 Å². The molecule has 1 aliphatic heterocycles. The number of rotatable bonds is 2. The molecule has 1 fully saturated rings. The van der Waals surface area contributed by atoms with E-state index in [9.17, 15) is 9.90 Å². The molecule has 0 bridgehead atoms. The molecule has 1 aliphatic rings. The van der Waals surface area contributed by atoms with Crippen LogP contribution in [0.25, 0.3) is 0 Å². The summed E-state index contributed by atoms with van der Waals surface area (Å²) in [4.78, 5) is 13.5. The van der Waals surface area contributed by atoms with Gasteiger partial charge in [0.05, 0.1) is 6.10 Å². The summed E-state index contributed by atoms with van der Waals surface area (Å²) in [5.74, 6) is 0.168. The Balaban J connectivity index is 2.50. The highest BCUT2D eigenvalue weighted by Crippen LogP contribution is 2.18. The summed E-state index contributed by atoms with van der Waals surface area (Å²) in [6, 6.07) is 0. The van der Waals surface area contributed by atoms with Crippen molar-refractivity contribution in [1.29, 1.82) is 0 Å². The number of hydrogen-bond donors (Lipinski definition) is 1. The summed E-state index contributed by atoms with van der Waals surface area (Å²) >= 11 is 5.88. The van der Waals surface area contributed by atoms with E-state index in [0.717, 1.165) is 0 Å². The molecule has 1 rings (SSSR count). The summed E-state index contributed by atoms with van der Waals surface area (Å²) < 4.78 is 0. The van der Waals surface area contributed by atoms with Crippen molar-refractivity contribution in [2.45, 2.75) is 38.2 Å². The fourth-order valence-electron chi connectivity index (χ4n) is 1.71. The first-order valence-corrected chi connectivity index (χ1v) is 5.60. The standard InChI is InChI=1S/C10H18ClNO2/c1-3-8(11)10(14)12-5-4-9(13)7(2)6-12/h7-9,13H,3-6H2,1-2H3. The average Bonchev–Trinajstić information content (AvgIpc) is 2.20. The minimum absolute atomic E-state index is 0.00733. The maximum Gasteiger partial charge on any atom is 0.240 e. The lowest BCUT2D eigenvalue weighted by atomic mass is 9.96. The van der Waals surface area contributed by atoms with E-state index in [2.05, 4.69) is 0 Å². The molecule has 0 aromatic heterocycles. The van der Waals surface area contributed by atoms with Crippen LogP contribution in [0.1, 0.15) is 26.7 Å². The lowest BCUT2D eigenvalue weighted by molar-refractivity contribution is -0.134. The van der Waals surface area contributed by atoms with E-state index < -0.39 is 5.38 Å². The van der Waals surface area contributed by atoms with Crippen molar-refractivity contribution in [2.24, 2.45) is 5.92 Å². The van der Waals surface area contributed by atoms with E-state index in [1.807, 2.05) is 13.8 Å². The molecule has 1 heterocycles. The molecule has 1 saturated heterocycles. The van der Waals surface area contributed by atoms with Gasteiger partial charge in [-0.2, -0.15) is 0 Å². The van der Waals surface area contributed by atoms with Crippen molar-refractivity contribution in [3.05, 3.63) is 0 Å². The Kier molecular flexibility index (Phi) is 4.20. The second-order valence-electron chi connectivity index (χ2n) is 3.99. The number of piperidine rings is 1. The molecule has 0 saturated carbocycles. The van der Waals surface area contributed by atoms with Crippen LogP contribution in [0, 0.1) is 5.92 Å². The molecule has 0 aromatic rings. The first kappa shape index (κ1) is 11.8. The van der Waals surface area contributed by atoms with Gasteiger partial charge in [-0.1, -0.05) is 13.8 Å². The third-order valence-corrected chi connectivity index (χ3v) is 3.29. The highest BCUT2D eigenvalue weighted by atomic mass is 35.5. The number of carbonyl (C=O) groups excluding carboxylic acids is 1. The Labute approximate surface area is 90.0 Å². The van der Waals surface area contributed by atoms with Crippen LogP contribution >= 0.6 is 11.6 Å². The van der Waals surface area contributed by atoms with E-state index >= 15 is 0 Å². The molecule has 14 heavy (non-hydrogen) atoms. The second-order valence-corrected chi connectivity index (χ2v) is 4.52. The van der Waals surface area contributed by atoms with Gasteiger partial charge in [-0.3, -0.25) is 4.79 Å². The number of nitrogens with zero attached hydrogens (tertiary/aromatic N) is 1. The van der Waals surface area contributed by atoms with Crippen LogP contribution in [-0.2, 0) is 4.79 Å². The lowest BCUT2D eigenvalue weighted by Gasteiger charge is -2.35. The minimum atomic E-state index is -0.405.